The van der Waals surface area contributed by atoms with Gasteiger partial charge in [-0.05, 0) is 222 Å². The zero-order valence-electron chi connectivity index (χ0n) is 80.4. The molecule has 546 valence electrons. The highest BCUT2D eigenvalue weighted by Crippen LogP contribution is 2.31. The summed E-state index contributed by atoms with van der Waals surface area (Å²) in [6.07, 6.45) is 9.56. The van der Waals surface area contributed by atoms with Gasteiger partial charge in [-0.25, -0.2) is 27.4 Å². The second-order valence-electron chi connectivity index (χ2n) is 29.2. The normalized spacial score (nSPS) is 13.9. The lowest BCUT2D eigenvalue weighted by Crippen LogP contribution is -2.32. The second kappa shape index (κ2) is 38.3. The summed E-state index contributed by atoms with van der Waals surface area (Å²) in [7, 11) is 12.2. The SMILES string of the molecule is Cc1ccc(C)c(-c2cccc[n+]2C)c1.Cc1ccccc1-c1cc(C(C)C)c(C)c[n+]1C.Cc1ccccc1-c1cc(C)c(C(C)C)c[n+]1C.Cc1ccccc1-c1cc(C)c(C(C)C)c[n+]1C.[2H]C([2H])([2H])C([2H])(C([2H])([2H])[2H])C([2H])([2H])c1ccc(-c2cccc[n+]2C)c(C)c1.[2H]C([2H])([2H])C([2H])(C)c1c[n+](C)c(-c2ccccc2C)cc1C. The third-order valence-corrected chi connectivity index (χ3v) is 19.5. The number of hydrogen-bond acceptors (Lipinski definition) is 0. The minimum Gasteiger partial charge on any atom is -0.201 e. The first-order chi connectivity index (χ1) is 54.9. The van der Waals surface area contributed by atoms with Gasteiger partial charge < -0.3 is 0 Å². The van der Waals surface area contributed by atoms with E-state index >= 15 is 0 Å². The van der Waals surface area contributed by atoms with E-state index in [1.807, 2.05) is 78.8 Å². The first-order valence-corrected chi connectivity index (χ1v) is 36.7. The zero-order valence-corrected chi connectivity index (χ0v) is 67.4. The van der Waals surface area contributed by atoms with E-state index in [1.54, 1.807) is 19.2 Å². The van der Waals surface area contributed by atoms with Crippen LogP contribution in [0.1, 0.15) is 200 Å². The fourth-order valence-electron chi connectivity index (χ4n) is 13.6. The molecule has 6 nitrogen and oxygen atoms in total. The maximum absolute atomic E-state index is 8.30. The van der Waals surface area contributed by atoms with Gasteiger partial charge in [-0.15, -0.1) is 0 Å². The van der Waals surface area contributed by atoms with Crippen LogP contribution < -0.4 is 27.4 Å². The van der Waals surface area contributed by atoms with E-state index in [9.17, 15) is 0 Å². The number of aryl methyl sites for hydroxylation is 17. The van der Waals surface area contributed by atoms with Crippen molar-refractivity contribution in [3.8, 4) is 67.5 Å². The molecule has 0 N–H and O–H groups in total. The Balaban J connectivity index is 0.000000197. The molecule has 6 aromatic carbocycles. The van der Waals surface area contributed by atoms with Crippen LogP contribution in [0.15, 0.2) is 231 Å². The largest absolute Gasteiger partial charge is 0.212 e. The molecule has 0 radical (unpaired) electrons. The number of pyridine rings is 6. The van der Waals surface area contributed by atoms with Gasteiger partial charge >= 0.3 is 0 Å². The van der Waals surface area contributed by atoms with Crippen LogP contribution in [0.2, 0.25) is 0 Å². The Bertz CT molecular complexity index is 5360. The fourth-order valence-corrected chi connectivity index (χ4v) is 13.6. The van der Waals surface area contributed by atoms with Crippen molar-refractivity contribution in [2.45, 2.75) is 175 Å². The monoisotopic (exact) mass is 1410 g/mol. The first kappa shape index (κ1) is 64.8. The average Bonchev–Trinajstić information content (AvgIpc) is 0.716. The average molecular weight is 1410 g/mol. The van der Waals surface area contributed by atoms with Crippen molar-refractivity contribution < 1.29 is 45.2 Å². The predicted molar refractivity (Wildman–Crippen MR) is 445 cm³/mol. The summed E-state index contributed by atoms with van der Waals surface area (Å²) in [5.41, 5.74) is 32.2. The van der Waals surface area contributed by atoms with Crippen molar-refractivity contribution in [1.82, 2.24) is 0 Å². The van der Waals surface area contributed by atoms with Crippen molar-refractivity contribution in [1.29, 1.82) is 0 Å². The van der Waals surface area contributed by atoms with Crippen LogP contribution in [-0.4, -0.2) is 0 Å². The quantitative estimate of drug-likeness (QED) is 0.109. The fraction of sp³-hybridized carbons (Fsp3) is 0.333. The topological polar surface area (TPSA) is 23.3 Å². The molecule has 0 amide bonds. The molecule has 1 atom stereocenters. The van der Waals surface area contributed by atoms with E-state index in [0.29, 0.717) is 28.9 Å². The molecule has 12 rings (SSSR count). The third-order valence-electron chi connectivity index (χ3n) is 19.5. The maximum atomic E-state index is 8.30. The minimum absolute atomic E-state index is 0.149. The first-order valence-electron chi connectivity index (χ1n) is 43.2. The lowest BCUT2D eigenvalue weighted by Gasteiger charge is -2.11. The molecule has 0 aliphatic heterocycles. The zero-order chi connectivity index (χ0) is 88.2. The van der Waals surface area contributed by atoms with Gasteiger partial charge in [0.1, 0.15) is 42.3 Å². The Morgan fingerprint density at radius 2 is 0.638 bits per heavy atom. The Kier molecular flexibility index (Phi) is 23.6. The molecule has 0 aliphatic carbocycles. The number of benzene rings is 6. The van der Waals surface area contributed by atoms with E-state index in [0.717, 1.165) is 33.6 Å². The Morgan fingerprint density at radius 3 is 1.02 bits per heavy atom. The van der Waals surface area contributed by atoms with E-state index in [2.05, 4.69) is 309 Å². The highest BCUT2D eigenvalue weighted by atomic mass is 14.9. The molecule has 0 aliphatic rings. The highest BCUT2D eigenvalue weighted by Gasteiger charge is 2.22. The molecule has 6 heterocycles. The Labute approximate surface area is 653 Å². The summed E-state index contributed by atoms with van der Waals surface area (Å²) < 4.78 is 114. The van der Waals surface area contributed by atoms with Gasteiger partial charge in [0.25, 0.3) is 0 Å². The van der Waals surface area contributed by atoms with E-state index in [-0.39, 0.29) is 5.56 Å². The smallest absolute Gasteiger partial charge is 0.201 e. The van der Waals surface area contributed by atoms with Crippen molar-refractivity contribution in [3.05, 3.63) is 320 Å². The van der Waals surface area contributed by atoms with Gasteiger partial charge in [-0.2, -0.15) is 0 Å². The summed E-state index contributed by atoms with van der Waals surface area (Å²) in [4.78, 5) is 0. The molecular weight excluding hydrogens is 1270 g/mol. The molecule has 0 bridgehead atoms. The Morgan fingerprint density at radius 1 is 0.286 bits per heavy atom. The van der Waals surface area contributed by atoms with Gasteiger partial charge in [-0.3, -0.25) is 0 Å². The van der Waals surface area contributed by atoms with Crippen LogP contribution in [0.4, 0.5) is 0 Å². The summed E-state index contributed by atoms with van der Waals surface area (Å²) in [5.74, 6) is -3.23. The summed E-state index contributed by atoms with van der Waals surface area (Å²) in [6.45, 7) is 28.9. The van der Waals surface area contributed by atoms with Crippen molar-refractivity contribution in [2.24, 2.45) is 48.2 Å². The second-order valence-corrected chi connectivity index (χ2v) is 29.2. The number of hydrogen-bond donors (Lipinski definition) is 0. The lowest BCUT2D eigenvalue weighted by molar-refractivity contribution is -0.661. The van der Waals surface area contributed by atoms with Gasteiger partial charge in [0.15, 0.2) is 37.2 Å². The van der Waals surface area contributed by atoms with Crippen LogP contribution in [0.5, 0.6) is 0 Å². The molecule has 105 heavy (non-hydrogen) atoms. The molecule has 12 aromatic rings. The molecule has 0 saturated heterocycles. The molecule has 0 saturated carbocycles. The number of rotatable bonds is 12. The summed E-state index contributed by atoms with van der Waals surface area (Å²) in [6, 6.07) is 65.6. The van der Waals surface area contributed by atoms with E-state index in [4.69, 9.17) is 17.8 Å². The molecule has 6 heteroatoms. The van der Waals surface area contributed by atoms with Crippen molar-refractivity contribution in [3.63, 3.8) is 0 Å². The predicted octanol–water partition coefficient (Wildman–Crippen LogP) is 22.2. The maximum Gasteiger partial charge on any atom is 0.212 e. The van der Waals surface area contributed by atoms with Crippen LogP contribution >= 0.6 is 0 Å². The van der Waals surface area contributed by atoms with Crippen LogP contribution in [0.3, 0.4) is 0 Å². The van der Waals surface area contributed by atoms with E-state index < -0.39 is 38.7 Å². The van der Waals surface area contributed by atoms with Crippen LogP contribution in [-0.2, 0) is 48.7 Å². The van der Waals surface area contributed by atoms with Gasteiger partial charge in [-0.1, -0.05) is 172 Å². The van der Waals surface area contributed by atoms with Crippen molar-refractivity contribution >= 4 is 0 Å². The molecule has 1 unspecified atom stereocenters. The highest BCUT2D eigenvalue weighted by molar-refractivity contribution is 5.66. The van der Waals surface area contributed by atoms with Crippen molar-refractivity contribution in [2.75, 3.05) is 0 Å². The van der Waals surface area contributed by atoms with Gasteiger partial charge in [0.2, 0.25) is 34.2 Å². The van der Waals surface area contributed by atoms with Gasteiger partial charge in [0.05, 0.1) is 0 Å². The van der Waals surface area contributed by atoms with E-state index in [1.165, 1.54) is 125 Å². The summed E-state index contributed by atoms with van der Waals surface area (Å²) >= 11 is 0. The molecule has 0 fully saturated rings. The van der Waals surface area contributed by atoms with Crippen LogP contribution in [0.25, 0.3) is 67.5 Å². The van der Waals surface area contributed by atoms with Crippen LogP contribution in [0, 0.1) is 82.1 Å². The van der Waals surface area contributed by atoms with Gasteiger partial charge in [0, 0.05) is 122 Å². The summed E-state index contributed by atoms with van der Waals surface area (Å²) in [5, 5.41) is 0. The lowest BCUT2D eigenvalue weighted by atomic mass is 9.96. The Hall–Kier alpha value is -9.78. The number of aromatic nitrogens is 6. The third kappa shape index (κ3) is 22.1. The number of nitrogens with zero attached hydrogens (tertiary/aromatic N) is 6. The molecule has 6 aromatic heterocycles. The molecular formula is C99H126N6+6. The standard InChI is InChI=1S/5C17H22N.C14H16N/c1-12(2)16-10-17(18(5)11-14(16)4)15-9-7-6-8-13(15)3;3*1-12(2)16-11-18(5)17(10-14(16)4)15-9-7-6-8-13(15)3;1-13(2)11-15-8-9-16(14(3)12-15)17-7-5-6-10-18(17)4;1-11-7-8-12(2)13(10-11)14-6-4-5-9-15(14)3/h4*6-12H,1-5H3;5-10,12-13H,11H2,1-4H3;4-10H,1-3H3/q6*+1/i;1D3,12D;;;1D3,2D3,11D2,13D;. The minimum atomic E-state index is -3.35. The molecule has 0 spiro atoms.